The van der Waals surface area contributed by atoms with E-state index in [9.17, 15) is 26.8 Å². The summed E-state index contributed by atoms with van der Waals surface area (Å²) in [7, 11) is -3.45. The predicted octanol–water partition coefficient (Wildman–Crippen LogP) is 3.79. The Labute approximate surface area is 177 Å². The Bertz CT molecular complexity index is 1270. The molecule has 0 radical (unpaired) electrons. The zero-order valence-electron chi connectivity index (χ0n) is 16.7. The van der Waals surface area contributed by atoms with Gasteiger partial charge in [-0.3, -0.25) is 4.79 Å². The van der Waals surface area contributed by atoms with Crippen LogP contribution in [0.2, 0.25) is 0 Å². The molecule has 164 valence electrons. The third-order valence-corrected chi connectivity index (χ3v) is 5.27. The Morgan fingerprint density at radius 2 is 1.77 bits per heavy atom. The van der Waals surface area contributed by atoms with E-state index in [0.717, 1.165) is 0 Å². The second-order valence-corrected chi connectivity index (χ2v) is 8.65. The number of H-pyrrole nitrogens is 1. The largest absolute Gasteiger partial charge is 0.478 e. The number of halogens is 2. The number of aromatic nitrogens is 1. The summed E-state index contributed by atoms with van der Waals surface area (Å²) in [4.78, 5) is 26.1. The molecule has 8 nitrogen and oxygen atoms in total. The van der Waals surface area contributed by atoms with Crippen LogP contribution in [0.25, 0.3) is 10.9 Å². The van der Waals surface area contributed by atoms with Gasteiger partial charge in [-0.15, -0.1) is 0 Å². The number of nitrogens with one attached hydrogen (secondary N) is 2. The number of benzene rings is 2. The standard InChI is InChI=1S/C20H19F2N3O5S/c1-20(2,3)19(28)24-16-9-23-15-6-10(4-5-11(15)16)25(31(29)30)17-8-13(21)12(18(26)27)7-14(17)22/h4-9,23,31H,1-3H3,(H,24,28)(H,26,27). The summed E-state index contributed by atoms with van der Waals surface area (Å²) < 4.78 is 52.8. The molecule has 1 heterocycles. The van der Waals surface area contributed by atoms with E-state index in [0.29, 0.717) is 33.0 Å². The van der Waals surface area contributed by atoms with Crippen LogP contribution in [0.1, 0.15) is 31.1 Å². The summed E-state index contributed by atoms with van der Waals surface area (Å²) in [6.07, 6.45) is 1.53. The monoisotopic (exact) mass is 451 g/mol. The fourth-order valence-corrected chi connectivity index (χ4v) is 3.49. The molecule has 3 N–H and O–H groups in total. The van der Waals surface area contributed by atoms with Crippen molar-refractivity contribution >= 4 is 50.7 Å². The van der Waals surface area contributed by atoms with Crippen LogP contribution < -0.4 is 9.62 Å². The topological polar surface area (TPSA) is 120 Å². The van der Waals surface area contributed by atoms with Gasteiger partial charge in [0, 0.05) is 28.6 Å². The van der Waals surface area contributed by atoms with E-state index in [4.69, 9.17) is 5.11 Å². The Hall–Kier alpha value is -3.47. The number of carbonyl (C=O) groups excluding carboxylic acids is 1. The van der Waals surface area contributed by atoms with Crippen molar-refractivity contribution in [3.63, 3.8) is 0 Å². The van der Waals surface area contributed by atoms with Gasteiger partial charge in [-0.25, -0.2) is 26.3 Å². The molecule has 0 aliphatic rings. The highest BCUT2D eigenvalue weighted by Crippen LogP contribution is 2.34. The van der Waals surface area contributed by atoms with Gasteiger partial charge in [-0.05, 0) is 24.3 Å². The number of aromatic amines is 1. The maximum Gasteiger partial charge on any atom is 0.338 e. The van der Waals surface area contributed by atoms with E-state index in [1.807, 2.05) is 0 Å². The van der Waals surface area contributed by atoms with Crippen LogP contribution in [0.5, 0.6) is 0 Å². The number of amides is 1. The molecule has 0 spiro atoms. The number of carboxylic acids is 1. The maximum absolute atomic E-state index is 14.5. The molecule has 0 fully saturated rings. The van der Waals surface area contributed by atoms with Crippen LogP contribution in [0.3, 0.4) is 0 Å². The molecule has 1 amide bonds. The molecule has 31 heavy (non-hydrogen) atoms. The first-order chi connectivity index (χ1) is 14.4. The predicted molar refractivity (Wildman–Crippen MR) is 112 cm³/mol. The van der Waals surface area contributed by atoms with Gasteiger partial charge in [0.05, 0.1) is 22.6 Å². The molecule has 0 saturated heterocycles. The summed E-state index contributed by atoms with van der Waals surface area (Å²) >= 11 is 0. The van der Waals surface area contributed by atoms with Gasteiger partial charge in [0.2, 0.25) is 16.8 Å². The summed E-state index contributed by atoms with van der Waals surface area (Å²) in [5.74, 6) is -4.40. The highest BCUT2D eigenvalue weighted by atomic mass is 32.2. The van der Waals surface area contributed by atoms with Gasteiger partial charge in [-0.1, -0.05) is 20.8 Å². The number of carbonyl (C=O) groups is 2. The van der Waals surface area contributed by atoms with Crippen molar-refractivity contribution in [3.05, 3.63) is 53.7 Å². The minimum Gasteiger partial charge on any atom is -0.478 e. The zero-order chi connectivity index (χ0) is 23.1. The molecule has 0 bridgehead atoms. The summed E-state index contributed by atoms with van der Waals surface area (Å²) in [6.45, 7) is 5.25. The third kappa shape index (κ3) is 4.36. The quantitative estimate of drug-likeness (QED) is 0.440. The fourth-order valence-electron chi connectivity index (χ4n) is 2.84. The minimum absolute atomic E-state index is 0.0134. The Morgan fingerprint density at radius 1 is 1.10 bits per heavy atom. The smallest absolute Gasteiger partial charge is 0.338 e. The molecular weight excluding hydrogens is 432 g/mol. The van der Waals surface area contributed by atoms with E-state index in [1.54, 1.807) is 20.8 Å². The van der Waals surface area contributed by atoms with E-state index >= 15 is 0 Å². The van der Waals surface area contributed by atoms with Crippen LogP contribution in [0.15, 0.2) is 36.5 Å². The fraction of sp³-hybridized carbons (Fsp3) is 0.200. The van der Waals surface area contributed by atoms with Crippen molar-refractivity contribution < 1.29 is 31.9 Å². The SMILES string of the molecule is CC(C)(C)C(=O)Nc1c[nH]c2cc(N(c3cc(F)c(C(=O)O)cc3F)[SH](=O)=O)ccc12. The molecule has 1 aromatic heterocycles. The summed E-state index contributed by atoms with van der Waals surface area (Å²) in [5.41, 5.74) is -1.31. The van der Waals surface area contributed by atoms with E-state index < -0.39 is 45.2 Å². The second kappa shape index (κ2) is 7.99. The number of rotatable bonds is 5. The second-order valence-electron chi connectivity index (χ2n) is 7.77. The normalized spacial score (nSPS) is 11.7. The number of anilines is 3. The first-order valence-electron chi connectivity index (χ1n) is 8.99. The Kier molecular flexibility index (Phi) is 5.72. The number of carboxylic acid groups (broad SMARTS) is 1. The molecule has 0 aliphatic heterocycles. The van der Waals surface area contributed by atoms with E-state index in [-0.39, 0.29) is 11.6 Å². The molecule has 11 heteroatoms. The number of fused-ring (bicyclic) bond motifs is 1. The Balaban J connectivity index is 2.06. The Morgan fingerprint density at radius 3 is 2.35 bits per heavy atom. The summed E-state index contributed by atoms with van der Waals surface area (Å²) in [5, 5.41) is 12.3. The van der Waals surface area contributed by atoms with Crippen molar-refractivity contribution in [2.75, 3.05) is 9.62 Å². The lowest BCUT2D eigenvalue weighted by Crippen LogP contribution is -2.27. The van der Waals surface area contributed by atoms with E-state index in [1.165, 1.54) is 24.4 Å². The molecule has 0 unspecified atom stereocenters. The number of hydrogen-bond acceptors (Lipinski definition) is 4. The maximum atomic E-state index is 14.5. The molecule has 2 aromatic carbocycles. The van der Waals surface area contributed by atoms with Gasteiger partial charge in [-0.2, -0.15) is 0 Å². The lowest BCUT2D eigenvalue weighted by molar-refractivity contribution is -0.123. The third-order valence-electron chi connectivity index (χ3n) is 4.50. The number of hydrogen-bond donors (Lipinski definition) is 4. The van der Waals surface area contributed by atoms with Gasteiger partial charge >= 0.3 is 5.97 Å². The average molecular weight is 451 g/mol. The van der Waals surface area contributed by atoms with Crippen molar-refractivity contribution in [3.8, 4) is 0 Å². The van der Waals surface area contributed by atoms with Gasteiger partial charge < -0.3 is 15.4 Å². The first-order valence-corrected chi connectivity index (χ1v) is 10.1. The molecular formula is C20H19F2N3O5S. The highest BCUT2D eigenvalue weighted by molar-refractivity contribution is 7.74. The molecule has 0 atom stereocenters. The molecule has 3 aromatic rings. The molecule has 3 rings (SSSR count). The highest BCUT2D eigenvalue weighted by Gasteiger charge is 2.24. The van der Waals surface area contributed by atoms with Gasteiger partial charge in [0.15, 0.2) is 0 Å². The van der Waals surface area contributed by atoms with Gasteiger partial charge in [0.25, 0.3) is 0 Å². The van der Waals surface area contributed by atoms with Crippen LogP contribution >= 0.6 is 0 Å². The van der Waals surface area contributed by atoms with Crippen LogP contribution in [0, 0.1) is 17.0 Å². The number of thiol groups is 1. The van der Waals surface area contributed by atoms with E-state index in [2.05, 4.69) is 10.3 Å². The average Bonchev–Trinajstić information content (AvgIpc) is 3.05. The van der Waals surface area contributed by atoms with Crippen molar-refractivity contribution in [2.45, 2.75) is 20.8 Å². The first kappa shape index (κ1) is 22.2. The summed E-state index contributed by atoms with van der Waals surface area (Å²) in [6, 6.07) is 5.20. The minimum atomic E-state index is -3.45. The van der Waals surface area contributed by atoms with Crippen molar-refractivity contribution in [1.29, 1.82) is 0 Å². The lowest BCUT2D eigenvalue weighted by Gasteiger charge is -2.19. The van der Waals surface area contributed by atoms with Gasteiger partial charge in [0.1, 0.15) is 11.6 Å². The van der Waals surface area contributed by atoms with Crippen LogP contribution in [-0.4, -0.2) is 30.4 Å². The molecule has 0 aliphatic carbocycles. The van der Waals surface area contributed by atoms with Crippen molar-refractivity contribution in [2.24, 2.45) is 5.41 Å². The lowest BCUT2D eigenvalue weighted by atomic mass is 9.95. The van der Waals surface area contributed by atoms with Crippen molar-refractivity contribution in [1.82, 2.24) is 4.98 Å². The zero-order valence-corrected chi connectivity index (χ0v) is 17.6. The van der Waals surface area contributed by atoms with Crippen LogP contribution in [0.4, 0.5) is 25.8 Å². The number of aromatic carboxylic acids is 1. The number of nitrogens with zero attached hydrogens (tertiary/aromatic N) is 1. The van der Waals surface area contributed by atoms with Crippen LogP contribution in [-0.2, 0) is 15.7 Å². The molecule has 0 saturated carbocycles.